The normalized spacial score (nSPS) is 11.0. The Morgan fingerprint density at radius 3 is 2.66 bits per heavy atom. The molecule has 0 aliphatic rings. The number of hydrazone groups is 1. The molecule has 0 saturated carbocycles. The Morgan fingerprint density at radius 2 is 1.83 bits per heavy atom. The summed E-state index contributed by atoms with van der Waals surface area (Å²) in [5.74, 6) is -0.279. The maximum Gasteiger partial charge on any atom is 0.273 e. The first-order chi connectivity index (χ1) is 14.3. The number of nitrogens with zero attached hydrogens (tertiary/aromatic N) is 4. The number of carbonyl (C=O) groups is 1. The van der Waals surface area contributed by atoms with Gasteiger partial charge < -0.3 is 9.13 Å². The monoisotopic (exact) mass is 381 g/mol. The molecule has 6 nitrogen and oxygen atoms in total. The van der Waals surface area contributed by atoms with E-state index in [-0.39, 0.29) is 5.91 Å². The van der Waals surface area contributed by atoms with Gasteiger partial charge in [-0.3, -0.25) is 4.79 Å². The van der Waals surface area contributed by atoms with Gasteiger partial charge in [-0.05, 0) is 30.3 Å². The minimum Gasteiger partial charge on any atom is -0.346 e. The quantitative estimate of drug-likeness (QED) is 0.403. The van der Waals surface area contributed by atoms with Crippen LogP contribution < -0.4 is 5.43 Å². The van der Waals surface area contributed by atoms with Gasteiger partial charge in [0.25, 0.3) is 5.91 Å². The molecule has 2 aromatic carbocycles. The Bertz CT molecular complexity index is 1210. The topological polar surface area (TPSA) is 75.1 Å². The Hall–Kier alpha value is -4.11. The number of fused-ring (bicyclic) bond motifs is 1. The highest BCUT2D eigenvalue weighted by atomic mass is 16.2. The number of hydrogen-bond acceptors (Lipinski definition) is 3. The minimum absolute atomic E-state index is 0.279. The predicted molar refractivity (Wildman–Crippen MR) is 113 cm³/mol. The van der Waals surface area contributed by atoms with Crippen LogP contribution in [0, 0.1) is 11.3 Å². The molecule has 0 atom stereocenters. The van der Waals surface area contributed by atoms with Gasteiger partial charge in [0, 0.05) is 41.6 Å². The van der Waals surface area contributed by atoms with Gasteiger partial charge in [-0.15, -0.1) is 0 Å². The lowest BCUT2D eigenvalue weighted by molar-refractivity contribution is 0.0955. The molecular formula is C23H19N5O. The molecule has 4 aromatic rings. The van der Waals surface area contributed by atoms with Gasteiger partial charge in [0.1, 0.15) is 0 Å². The van der Waals surface area contributed by atoms with E-state index >= 15 is 0 Å². The Kier molecular flexibility index (Phi) is 5.21. The Morgan fingerprint density at radius 1 is 1.07 bits per heavy atom. The second-order valence-electron chi connectivity index (χ2n) is 6.51. The summed E-state index contributed by atoms with van der Waals surface area (Å²) < 4.78 is 3.92. The van der Waals surface area contributed by atoms with Crippen LogP contribution in [0.25, 0.3) is 16.6 Å². The minimum atomic E-state index is -0.279. The zero-order chi connectivity index (χ0) is 20.1. The largest absolute Gasteiger partial charge is 0.346 e. The number of hydrogen-bond donors (Lipinski definition) is 1. The molecule has 4 rings (SSSR count). The van der Waals surface area contributed by atoms with Crippen LogP contribution in [-0.4, -0.2) is 21.3 Å². The first-order valence-electron chi connectivity index (χ1n) is 9.28. The number of aromatic nitrogens is 2. The van der Waals surface area contributed by atoms with E-state index in [9.17, 15) is 4.79 Å². The van der Waals surface area contributed by atoms with Crippen molar-refractivity contribution in [2.75, 3.05) is 0 Å². The average molecular weight is 381 g/mol. The summed E-state index contributed by atoms with van der Waals surface area (Å²) in [6.45, 7) is 0.613. The third-order valence-corrected chi connectivity index (χ3v) is 4.68. The van der Waals surface area contributed by atoms with Gasteiger partial charge in [-0.25, -0.2) is 5.43 Å². The lowest BCUT2D eigenvalue weighted by atomic mass is 10.1. The molecule has 0 spiro atoms. The molecule has 6 heteroatoms. The van der Waals surface area contributed by atoms with Gasteiger partial charge in [-0.1, -0.05) is 30.3 Å². The van der Waals surface area contributed by atoms with Crippen LogP contribution in [0.3, 0.4) is 0 Å². The highest BCUT2D eigenvalue weighted by molar-refractivity contribution is 6.01. The third-order valence-electron chi connectivity index (χ3n) is 4.68. The van der Waals surface area contributed by atoms with E-state index in [0.717, 1.165) is 22.2 Å². The van der Waals surface area contributed by atoms with Crippen LogP contribution in [-0.2, 0) is 6.54 Å². The van der Waals surface area contributed by atoms with Crippen molar-refractivity contribution in [3.05, 3.63) is 90.4 Å². The highest BCUT2D eigenvalue weighted by Crippen LogP contribution is 2.20. The number of amides is 1. The lowest BCUT2D eigenvalue weighted by Crippen LogP contribution is -2.19. The molecule has 0 aliphatic carbocycles. The smallest absolute Gasteiger partial charge is 0.273 e. The average Bonchev–Trinajstić information content (AvgIpc) is 3.41. The second-order valence-corrected chi connectivity index (χ2v) is 6.51. The van der Waals surface area contributed by atoms with E-state index in [2.05, 4.69) is 16.6 Å². The van der Waals surface area contributed by atoms with Gasteiger partial charge in [-0.2, -0.15) is 10.4 Å². The summed E-state index contributed by atoms with van der Waals surface area (Å²) in [5.41, 5.74) is 5.87. The third kappa shape index (κ3) is 3.80. The molecule has 0 radical (unpaired) electrons. The lowest BCUT2D eigenvalue weighted by Gasteiger charge is -2.08. The van der Waals surface area contributed by atoms with Crippen molar-refractivity contribution in [1.82, 2.24) is 14.6 Å². The molecule has 0 aliphatic heterocycles. The molecular weight excluding hydrogens is 362 g/mol. The van der Waals surface area contributed by atoms with Crippen molar-refractivity contribution < 1.29 is 4.79 Å². The molecule has 1 N–H and O–H groups in total. The summed E-state index contributed by atoms with van der Waals surface area (Å²) in [6.07, 6.45) is 7.81. The summed E-state index contributed by atoms with van der Waals surface area (Å²) in [6, 6.07) is 21.3. The molecule has 0 unspecified atom stereocenters. The first kappa shape index (κ1) is 18.3. The van der Waals surface area contributed by atoms with Crippen molar-refractivity contribution in [1.29, 1.82) is 5.26 Å². The van der Waals surface area contributed by atoms with Crippen molar-refractivity contribution >= 4 is 23.0 Å². The van der Waals surface area contributed by atoms with E-state index in [4.69, 9.17) is 5.26 Å². The first-order valence-corrected chi connectivity index (χ1v) is 9.28. The zero-order valence-electron chi connectivity index (χ0n) is 15.7. The number of carbonyl (C=O) groups excluding carboxylic acids is 1. The fourth-order valence-corrected chi connectivity index (χ4v) is 3.34. The van der Waals surface area contributed by atoms with Crippen molar-refractivity contribution in [3.8, 4) is 11.8 Å². The number of nitrogens with one attached hydrogen (secondary N) is 1. The standard InChI is InChI=1S/C23H19N5O/c24-12-7-15-28-17-18(19-8-1-3-10-21(19)28)16-25-26-23(29)20-9-2-4-11-22(20)27-13-5-6-14-27/h1-6,8-11,13-14,16-17H,7,15H2,(H,26,29)/b25-16-. The van der Waals surface area contributed by atoms with Crippen molar-refractivity contribution in [2.24, 2.45) is 5.10 Å². The maximum absolute atomic E-state index is 12.7. The molecule has 2 heterocycles. The number of aryl methyl sites for hydroxylation is 1. The van der Waals surface area contributed by atoms with Crippen LogP contribution in [0.4, 0.5) is 0 Å². The number of benzene rings is 2. The molecule has 0 saturated heterocycles. The predicted octanol–water partition coefficient (Wildman–Crippen LogP) is 4.11. The molecule has 0 fully saturated rings. The van der Waals surface area contributed by atoms with Crippen LogP contribution in [0.5, 0.6) is 0 Å². The number of nitriles is 1. The number of rotatable bonds is 6. The van der Waals surface area contributed by atoms with Gasteiger partial charge in [0.2, 0.25) is 0 Å². The SMILES string of the molecule is N#CCCn1cc(/C=N\NC(=O)c2ccccc2-n2cccc2)c2ccccc21. The van der Waals surface area contributed by atoms with Gasteiger partial charge in [0.15, 0.2) is 0 Å². The van der Waals surface area contributed by atoms with E-state index < -0.39 is 0 Å². The van der Waals surface area contributed by atoms with E-state index in [1.807, 2.05) is 82.3 Å². The van der Waals surface area contributed by atoms with Crippen molar-refractivity contribution in [2.45, 2.75) is 13.0 Å². The second kappa shape index (κ2) is 8.28. The molecule has 0 bridgehead atoms. The summed E-state index contributed by atoms with van der Waals surface area (Å²) >= 11 is 0. The zero-order valence-corrected chi connectivity index (χ0v) is 15.7. The number of para-hydroxylation sites is 2. The summed E-state index contributed by atoms with van der Waals surface area (Å²) in [5, 5.41) is 14.1. The Balaban J connectivity index is 1.56. The van der Waals surface area contributed by atoms with E-state index in [0.29, 0.717) is 18.5 Å². The van der Waals surface area contributed by atoms with Gasteiger partial charge in [0.05, 0.1) is 30.0 Å². The molecule has 142 valence electrons. The van der Waals surface area contributed by atoms with E-state index in [1.165, 1.54) is 0 Å². The van der Waals surface area contributed by atoms with Gasteiger partial charge >= 0.3 is 0 Å². The fourth-order valence-electron chi connectivity index (χ4n) is 3.34. The molecule has 1 amide bonds. The van der Waals surface area contributed by atoms with Crippen molar-refractivity contribution in [3.63, 3.8) is 0 Å². The van der Waals surface area contributed by atoms with E-state index in [1.54, 1.807) is 12.3 Å². The molecule has 29 heavy (non-hydrogen) atoms. The van der Waals surface area contributed by atoms with Crippen LogP contribution in [0.1, 0.15) is 22.3 Å². The summed E-state index contributed by atoms with van der Waals surface area (Å²) in [4.78, 5) is 12.7. The highest BCUT2D eigenvalue weighted by Gasteiger charge is 2.11. The van der Waals surface area contributed by atoms with Crippen LogP contribution in [0.15, 0.2) is 84.4 Å². The van der Waals surface area contributed by atoms with Crippen LogP contribution in [0.2, 0.25) is 0 Å². The maximum atomic E-state index is 12.7. The molecule has 2 aromatic heterocycles. The van der Waals surface area contributed by atoms with Crippen LogP contribution >= 0.6 is 0 Å². The Labute approximate surface area is 168 Å². The fraction of sp³-hybridized carbons (Fsp3) is 0.0870. The summed E-state index contributed by atoms with van der Waals surface area (Å²) in [7, 11) is 0.